The second-order valence-corrected chi connectivity index (χ2v) is 5.86. The Labute approximate surface area is 119 Å². The maximum atomic E-state index is 11.0. The fourth-order valence-electron chi connectivity index (χ4n) is 2.54. The Hall–Kier alpha value is -1.36. The SMILES string of the molecule is NC(=O)Cc1ccc2c(c1)Cc1cc(I)ccc1-2. The summed E-state index contributed by atoms with van der Waals surface area (Å²) in [6.45, 7) is 0. The first-order valence-electron chi connectivity index (χ1n) is 5.82. The van der Waals surface area contributed by atoms with Crippen LogP contribution in [0.25, 0.3) is 11.1 Å². The largest absolute Gasteiger partial charge is 0.369 e. The normalized spacial score (nSPS) is 12.1. The fourth-order valence-corrected chi connectivity index (χ4v) is 3.10. The van der Waals surface area contributed by atoms with Crippen LogP contribution in [-0.2, 0) is 17.6 Å². The van der Waals surface area contributed by atoms with E-state index < -0.39 is 0 Å². The van der Waals surface area contributed by atoms with Crippen LogP contribution in [0, 0.1) is 3.57 Å². The Bertz CT molecular complexity index is 649. The minimum Gasteiger partial charge on any atom is -0.369 e. The summed E-state index contributed by atoms with van der Waals surface area (Å²) in [7, 11) is 0. The summed E-state index contributed by atoms with van der Waals surface area (Å²) in [4.78, 5) is 11.0. The molecule has 0 heterocycles. The fraction of sp³-hybridized carbons (Fsp3) is 0.133. The first-order valence-corrected chi connectivity index (χ1v) is 6.90. The zero-order chi connectivity index (χ0) is 12.7. The van der Waals surface area contributed by atoms with Crippen LogP contribution in [0.1, 0.15) is 16.7 Å². The molecule has 0 unspecified atom stereocenters. The van der Waals surface area contributed by atoms with Gasteiger partial charge in [0.15, 0.2) is 0 Å². The summed E-state index contributed by atoms with van der Waals surface area (Å²) in [5.41, 5.74) is 11.5. The minimum atomic E-state index is -0.278. The molecule has 0 aromatic heterocycles. The maximum absolute atomic E-state index is 11.0. The second kappa shape index (κ2) is 4.39. The van der Waals surface area contributed by atoms with Crippen LogP contribution in [0.15, 0.2) is 36.4 Å². The van der Waals surface area contributed by atoms with Gasteiger partial charge in [-0.15, -0.1) is 0 Å². The maximum Gasteiger partial charge on any atom is 0.221 e. The van der Waals surface area contributed by atoms with Crippen LogP contribution >= 0.6 is 22.6 Å². The lowest BCUT2D eigenvalue weighted by Gasteiger charge is -2.03. The van der Waals surface area contributed by atoms with Crippen molar-refractivity contribution in [1.29, 1.82) is 0 Å². The van der Waals surface area contributed by atoms with E-state index in [0.717, 1.165) is 12.0 Å². The number of benzene rings is 2. The van der Waals surface area contributed by atoms with Crippen LogP contribution in [0.4, 0.5) is 0 Å². The van der Waals surface area contributed by atoms with Gasteiger partial charge in [-0.3, -0.25) is 4.79 Å². The molecular formula is C15H12INO. The van der Waals surface area contributed by atoms with E-state index in [2.05, 4.69) is 52.9 Å². The van der Waals surface area contributed by atoms with E-state index in [-0.39, 0.29) is 5.91 Å². The molecular weight excluding hydrogens is 337 g/mol. The highest BCUT2D eigenvalue weighted by molar-refractivity contribution is 14.1. The number of primary amides is 1. The average Bonchev–Trinajstić information content (AvgIpc) is 2.64. The van der Waals surface area contributed by atoms with E-state index in [1.807, 2.05) is 6.07 Å². The number of hydrogen-bond acceptors (Lipinski definition) is 1. The van der Waals surface area contributed by atoms with Crippen molar-refractivity contribution in [3.63, 3.8) is 0 Å². The number of nitrogens with two attached hydrogens (primary N) is 1. The zero-order valence-corrected chi connectivity index (χ0v) is 11.9. The van der Waals surface area contributed by atoms with Crippen LogP contribution in [0.2, 0.25) is 0 Å². The summed E-state index contributed by atoms with van der Waals surface area (Å²) in [5.74, 6) is -0.278. The molecule has 0 atom stereocenters. The van der Waals surface area contributed by atoms with E-state index >= 15 is 0 Å². The first-order chi connectivity index (χ1) is 8.63. The van der Waals surface area contributed by atoms with Crippen molar-refractivity contribution in [2.24, 2.45) is 5.73 Å². The van der Waals surface area contributed by atoms with Gasteiger partial charge >= 0.3 is 0 Å². The number of rotatable bonds is 2. The standard InChI is InChI=1S/C15H12INO/c16-12-2-4-14-11(8-12)7-10-5-9(6-15(17)18)1-3-13(10)14/h1-5,8H,6-7H2,(H2,17,18). The van der Waals surface area contributed by atoms with Crippen molar-refractivity contribution in [2.75, 3.05) is 0 Å². The smallest absolute Gasteiger partial charge is 0.221 e. The summed E-state index contributed by atoms with van der Waals surface area (Å²) in [6.07, 6.45) is 1.27. The molecule has 0 bridgehead atoms. The van der Waals surface area contributed by atoms with Gasteiger partial charge < -0.3 is 5.73 Å². The predicted molar refractivity (Wildman–Crippen MR) is 80.3 cm³/mol. The quantitative estimate of drug-likeness (QED) is 0.711. The highest BCUT2D eigenvalue weighted by Gasteiger charge is 2.18. The molecule has 0 saturated heterocycles. The summed E-state index contributed by atoms with van der Waals surface area (Å²) >= 11 is 2.33. The molecule has 0 aliphatic heterocycles. The molecule has 2 aromatic carbocycles. The Balaban J connectivity index is 2.03. The van der Waals surface area contributed by atoms with E-state index in [9.17, 15) is 4.79 Å². The molecule has 90 valence electrons. The molecule has 2 N–H and O–H groups in total. The molecule has 2 nitrogen and oxygen atoms in total. The molecule has 1 amide bonds. The van der Waals surface area contributed by atoms with Crippen LogP contribution in [0.5, 0.6) is 0 Å². The van der Waals surface area contributed by atoms with Crippen LogP contribution < -0.4 is 5.73 Å². The number of fused-ring (bicyclic) bond motifs is 3. The van der Waals surface area contributed by atoms with E-state index in [1.165, 1.54) is 25.8 Å². The average molecular weight is 349 g/mol. The van der Waals surface area contributed by atoms with Gasteiger partial charge in [0.05, 0.1) is 6.42 Å². The third-order valence-electron chi connectivity index (χ3n) is 3.29. The van der Waals surface area contributed by atoms with E-state index in [1.54, 1.807) is 0 Å². The van der Waals surface area contributed by atoms with Gasteiger partial charge in [0.2, 0.25) is 5.91 Å². The molecule has 0 saturated carbocycles. The van der Waals surface area contributed by atoms with Gasteiger partial charge in [-0.25, -0.2) is 0 Å². The summed E-state index contributed by atoms with van der Waals surface area (Å²) < 4.78 is 1.26. The van der Waals surface area contributed by atoms with Gasteiger partial charge in [-0.1, -0.05) is 24.3 Å². The van der Waals surface area contributed by atoms with E-state index in [4.69, 9.17) is 5.73 Å². The Morgan fingerprint density at radius 3 is 2.50 bits per heavy atom. The Kier molecular flexibility index (Phi) is 2.86. The molecule has 1 aliphatic rings. The third kappa shape index (κ3) is 2.03. The highest BCUT2D eigenvalue weighted by atomic mass is 127. The highest BCUT2D eigenvalue weighted by Crippen LogP contribution is 2.37. The van der Waals surface area contributed by atoms with Gasteiger partial charge in [0, 0.05) is 3.57 Å². The number of halogens is 1. The van der Waals surface area contributed by atoms with Crippen LogP contribution in [-0.4, -0.2) is 5.91 Å². The lowest BCUT2D eigenvalue weighted by Crippen LogP contribution is -2.13. The van der Waals surface area contributed by atoms with Crippen molar-refractivity contribution in [2.45, 2.75) is 12.8 Å². The van der Waals surface area contributed by atoms with Crippen molar-refractivity contribution in [3.8, 4) is 11.1 Å². The van der Waals surface area contributed by atoms with Gasteiger partial charge in [0.25, 0.3) is 0 Å². The molecule has 3 heteroatoms. The lowest BCUT2D eigenvalue weighted by atomic mass is 10.0. The molecule has 0 fully saturated rings. The second-order valence-electron chi connectivity index (χ2n) is 4.61. The molecule has 18 heavy (non-hydrogen) atoms. The van der Waals surface area contributed by atoms with Crippen molar-refractivity contribution >= 4 is 28.5 Å². The minimum absolute atomic E-state index is 0.278. The third-order valence-corrected chi connectivity index (χ3v) is 3.96. The van der Waals surface area contributed by atoms with E-state index in [0.29, 0.717) is 6.42 Å². The molecule has 2 aromatic rings. The van der Waals surface area contributed by atoms with Crippen molar-refractivity contribution < 1.29 is 4.79 Å². The summed E-state index contributed by atoms with van der Waals surface area (Å²) in [6, 6.07) is 12.7. The lowest BCUT2D eigenvalue weighted by molar-refractivity contribution is -0.117. The van der Waals surface area contributed by atoms with Gasteiger partial charge in [0.1, 0.15) is 0 Å². The number of carbonyl (C=O) groups is 1. The van der Waals surface area contributed by atoms with Gasteiger partial charge in [-0.2, -0.15) is 0 Å². The molecule has 0 radical (unpaired) electrons. The van der Waals surface area contributed by atoms with Gasteiger partial charge in [-0.05, 0) is 69.0 Å². The first kappa shape index (κ1) is 11.7. The van der Waals surface area contributed by atoms with Crippen LogP contribution in [0.3, 0.4) is 0 Å². The topological polar surface area (TPSA) is 43.1 Å². The molecule has 1 aliphatic carbocycles. The Morgan fingerprint density at radius 1 is 1.11 bits per heavy atom. The van der Waals surface area contributed by atoms with Crippen molar-refractivity contribution in [1.82, 2.24) is 0 Å². The van der Waals surface area contributed by atoms with Crippen molar-refractivity contribution in [3.05, 3.63) is 56.7 Å². The monoisotopic (exact) mass is 349 g/mol. The number of amides is 1. The number of carbonyl (C=O) groups excluding carboxylic acids is 1. The zero-order valence-electron chi connectivity index (χ0n) is 9.74. The summed E-state index contributed by atoms with van der Waals surface area (Å²) in [5, 5.41) is 0. The predicted octanol–water partition coefficient (Wildman–Crippen LogP) is 2.89. The number of hydrogen-bond donors (Lipinski definition) is 1. The Morgan fingerprint density at radius 2 is 1.78 bits per heavy atom. The molecule has 0 spiro atoms. The molecule has 3 rings (SSSR count).